The average Bonchev–Trinajstić information content (AvgIpc) is 2.53. The minimum atomic E-state index is 1.17. The van der Waals surface area contributed by atoms with Crippen LogP contribution in [-0.4, -0.2) is 0 Å². The summed E-state index contributed by atoms with van der Waals surface area (Å²) in [4.78, 5) is 0. The van der Waals surface area contributed by atoms with Crippen LogP contribution in [0.5, 0.6) is 0 Å². The molecule has 0 spiro atoms. The fourth-order valence-electron chi connectivity index (χ4n) is 3.98. The number of hydrogen-bond acceptors (Lipinski definition) is 0. The lowest BCUT2D eigenvalue weighted by Crippen LogP contribution is -1.88. The van der Waals surface area contributed by atoms with Gasteiger partial charge >= 0.3 is 0 Å². The summed E-state index contributed by atoms with van der Waals surface area (Å²) in [6.07, 6.45) is 0. The Morgan fingerprint density at radius 2 is 1.82 bits per heavy atom. The van der Waals surface area contributed by atoms with Gasteiger partial charge in [0.25, 0.3) is 0 Å². The molecule has 0 saturated heterocycles. The summed E-state index contributed by atoms with van der Waals surface area (Å²) in [5.74, 6) is 0. The summed E-state index contributed by atoms with van der Waals surface area (Å²) >= 11 is 0. The van der Waals surface area contributed by atoms with E-state index in [9.17, 15) is 0 Å². The van der Waals surface area contributed by atoms with Gasteiger partial charge in [-0.15, -0.1) is 0 Å². The van der Waals surface area contributed by atoms with Gasteiger partial charge < -0.3 is 0 Å². The van der Waals surface area contributed by atoms with Crippen LogP contribution in [0.2, 0.25) is 0 Å². The highest BCUT2D eigenvalue weighted by atomic mass is 14.2. The second-order valence-electron chi connectivity index (χ2n) is 6.05. The maximum Gasteiger partial charge on any atom is 0.110 e. The van der Waals surface area contributed by atoms with Crippen LogP contribution in [0.15, 0.2) is 60.7 Å². The van der Waals surface area contributed by atoms with Crippen LogP contribution in [-0.2, 0) is 0 Å². The van der Waals surface area contributed by atoms with Crippen LogP contribution >= 0.6 is 0 Å². The van der Waals surface area contributed by atoms with Crippen molar-refractivity contribution < 1.29 is 0 Å². The summed E-state index contributed by atoms with van der Waals surface area (Å²) in [6.45, 7) is 0. The third kappa shape index (κ3) is 1.06. The van der Waals surface area contributed by atoms with Crippen molar-refractivity contribution in [2.75, 3.05) is 0 Å². The Hall–Kier alpha value is -3.04. The standard InChI is InChI=1S/C22H10/c1-2-8-16-15(7-1)19-11-13-5-3-9-17-18-10-4-6-14(12-20(16)19)22(18)21(13)17/h1-3,5,7-12H/q+2. The van der Waals surface area contributed by atoms with Crippen molar-refractivity contribution in [3.8, 4) is 0 Å². The van der Waals surface area contributed by atoms with Crippen LogP contribution in [0.4, 0.5) is 0 Å². The summed E-state index contributed by atoms with van der Waals surface area (Å²) in [5, 5.41) is 13.3. The summed E-state index contributed by atoms with van der Waals surface area (Å²) in [7, 11) is 0. The molecule has 6 rings (SSSR count). The molecule has 0 radical (unpaired) electrons. The number of hydrogen-bond donors (Lipinski definition) is 0. The van der Waals surface area contributed by atoms with Crippen LogP contribution in [0.25, 0.3) is 53.9 Å². The van der Waals surface area contributed by atoms with Crippen molar-refractivity contribution in [2.24, 2.45) is 0 Å². The molecule has 0 atom stereocenters. The minimum Gasteiger partial charge on any atom is -0.0485 e. The molecule has 0 saturated carbocycles. The normalized spacial score (nSPS) is 12.2. The number of rotatable bonds is 0. The Morgan fingerprint density at radius 1 is 0.864 bits per heavy atom. The Morgan fingerprint density at radius 3 is 2.82 bits per heavy atom. The first kappa shape index (κ1) is 10.7. The summed E-state index contributed by atoms with van der Waals surface area (Å²) < 4.78 is 0. The largest absolute Gasteiger partial charge is 0.110 e. The minimum absolute atomic E-state index is 1.17. The molecule has 0 fully saturated rings. The third-order valence-electron chi connectivity index (χ3n) is 4.98. The maximum atomic E-state index is 3.32. The fourth-order valence-corrected chi connectivity index (χ4v) is 3.98. The summed E-state index contributed by atoms with van der Waals surface area (Å²) in [6, 6.07) is 28.4. The van der Waals surface area contributed by atoms with Crippen molar-refractivity contribution in [1.29, 1.82) is 0 Å². The number of fused-ring (bicyclic) bond motifs is 5. The van der Waals surface area contributed by atoms with Crippen LogP contribution in [0.3, 0.4) is 0 Å². The molecule has 0 heteroatoms. The zero-order valence-corrected chi connectivity index (χ0v) is 11.8. The van der Waals surface area contributed by atoms with E-state index < -0.39 is 0 Å². The van der Waals surface area contributed by atoms with Gasteiger partial charge in [-0.25, -0.2) is 0 Å². The van der Waals surface area contributed by atoms with Gasteiger partial charge in [0.15, 0.2) is 0 Å². The van der Waals surface area contributed by atoms with E-state index in [0.29, 0.717) is 0 Å². The molecule has 0 aromatic heterocycles. The zero-order valence-electron chi connectivity index (χ0n) is 11.8. The molecule has 0 aliphatic carbocycles. The lowest BCUT2D eigenvalue weighted by atomic mass is 9.86. The monoisotopic (exact) mass is 274 g/mol. The Kier molecular flexibility index (Phi) is 1.65. The molecule has 0 aliphatic rings. The molecular formula is C22H10+2. The van der Waals surface area contributed by atoms with E-state index >= 15 is 0 Å². The topological polar surface area (TPSA) is 0 Å². The Bertz CT molecular complexity index is 1200. The van der Waals surface area contributed by atoms with Gasteiger partial charge in [0, 0.05) is 24.3 Å². The molecule has 0 N–H and O–H groups in total. The van der Waals surface area contributed by atoms with E-state index in [0.717, 1.165) is 0 Å². The highest BCUT2D eigenvalue weighted by molar-refractivity contribution is 6.37. The van der Waals surface area contributed by atoms with Crippen molar-refractivity contribution in [3.05, 3.63) is 72.8 Å². The van der Waals surface area contributed by atoms with Gasteiger partial charge in [0.1, 0.15) is 10.8 Å². The van der Waals surface area contributed by atoms with Crippen LogP contribution in [0.1, 0.15) is 0 Å². The van der Waals surface area contributed by atoms with Crippen LogP contribution in [0, 0.1) is 12.1 Å². The van der Waals surface area contributed by atoms with E-state index in [1.807, 2.05) is 0 Å². The third-order valence-corrected chi connectivity index (χ3v) is 4.98. The first-order valence-electron chi connectivity index (χ1n) is 7.55. The first-order valence-corrected chi connectivity index (χ1v) is 7.55. The maximum absolute atomic E-state index is 3.32. The molecule has 6 aromatic rings. The quantitative estimate of drug-likeness (QED) is 0.301. The van der Waals surface area contributed by atoms with Crippen molar-refractivity contribution in [3.63, 3.8) is 0 Å². The average molecular weight is 274 g/mol. The summed E-state index contributed by atoms with van der Waals surface area (Å²) in [5.41, 5.74) is 0. The second-order valence-corrected chi connectivity index (χ2v) is 6.05. The molecule has 0 bridgehead atoms. The van der Waals surface area contributed by atoms with E-state index in [-0.39, 0.29) is 0 Å². The number of benzene rings is 2. The van der Waals surface area contributed by atoms with Gasteiger partial charge in [-0.1, -0.05) is 0 Å². The van der Waals surface area contributed by atoms with E-state index in [1.54, 1.807) is 0 Å². The van der Waals surface area contributed by atoms with Gasteiger partial charge in [-0.2, -0.15) is 0 Å². The van der Waals surface area contributed by atoms with Crippen molar-refractivity contribution >= 4 is 53.9 Å². The molecule has 0 nitrogen and oxygen atoms in total. The van der Waals surface area contributed by atoms with Gasteiger partial charge in [0.2, 0.25) is 0 Å². The second kappa shape index (κ2) is 3.40. The molecule has 96 valence electrons. The molecule has 0 aliphatic heterocycles. The molecule has 22 heavy (non-hydrogen) atoms. The lowest BCUT2D eigenvalue weighted by Gasteiger charge is -2.08. The molecule has 6 aromatic carbocycles. The van der Waals surface area contributed by atoms with Gasteiger partial charge in [-0.05, 0) is 42.5 Å². The Balaban J connectivity index is 2.00. The van der Waals surface area contributed by atoms with Crippen LogP contribution < -0.4 is 0 Å². The van der Waals surface area contributed by atoms with E-state index in [1.165, 1.54) is 53.9 Å². The van der Waals surface area contributed by atoms with E-state index in [2.05, 4.69) is 72.8 Å². The zero-order chi connectivity index (χ0) is 14.3. The fraction of sp³-hybridized carbons (Fsp3) is 0. The SMILES string of the molecule is c1cc2c3c(c#1)c[c+]1c4ccccc4c1cc1ccc[c+]2c13. The van der Waals surface area contributed by atoms with Gasteiger partial charge in [0.05, 0.1) is 49.2 Å². The highest BCUT2D eigenvalue weighted by Gasteiger charge is 2.23. The Labute approximate surface area is 127 Å². The first-order chi connectivity index (χ1) is 10.9. The van der Waals surface area contributed by atoms with Crippen molar-refractivity contribution in [2.45, 2.75) is 0 Å². The molecule has 0 unspecified atom stereocenters. The highest BCUT2D eigenvalue weighted by Crippen LogP contribution is 2.43. The molecule has 0 heterocycles. The predicted octanol–water partition coefficient (Wildman–Crippen LogP) is 5.93. The van der Waals surface area contributed by atoms with Gasteiger partial charge in [-0.3, -0.25) is 0 Å². The molecular weight excluding hydrogens is 264 g/mol. The smallest absolute Gasteiger partial charge is 0.0485 e. The van der Waals surface area contributed by atoms with Crippen molar-refractivity contribution in [1.82, 2.24) is 0 Å². The predicted molar refractivity (Wildman–Crippen MR) is 94.0 cm³/mol. The molecule has 0 amide bonds. The lowest BCUT2D eigenvalue weighted by molar-refractivity contribution is 1.80. The van der Waals surface area contributed by atoms with E-state index in [4.69, 9.17) is 0 Å².